The van der Waals surface area contributed by atoms with E-state index in [0.717, 1.165) is 51.4 Å². The zero-order valence-electron chi connectivity index (χ0n) is 16.1. The molecule has 0 saturated carbocycles. The van der Waals surface area contributed by atoms with Gasteiger partial charge in [0.2, 0.25) is 0 Å². The summed E-state index contributed by atoms with van der Waals surface area (Å²) in [6.07, 6.45) is 4.78. The Kier molecular flexibility index (Phi) is 8.56. The third kappa shape index (κ3) is 7.45. The molecule has 0 unspecified atom stereocenters. The van der Waals surface area contributed by atoms with Crippen molar-refractivity contribution in [2.24, 2.45) is 0 Å². The van der Waals surface area contributed by atoms with Crippen LogP contribution in [0.25, 0.3) is 0 Å². The molecule has 0 bridgehead atoms. The van der Waals surface area contributed by atoms with Crippen molar-refractivity contribution in [3.05, 3.63) is 35.4 Å². The van der Waals surface area contributed by atoms with Crippen molar-refractivity contribution in [2.75, 3.05) is 52.4 Å². The summed E-state index contributed by atoms with van der Waals surface area (Å²) >= 11 is 0. The average Bonchev–Trinajstić information content (AvgIpc) is 2.68. The van der Waals surface area contributed by atoms with Crippen molar-refractivity contribution >= 4 is 0 Å². The fourth-order valence-electron chi connectivity index (χ4n) is 3.42. The maximum atomic E-state index is 9.77. The van der Waals surface area contributed by atoms with Crippen LogP contribution in [0.2, 0.25) is 0 Å². The van der Waals surface area contributed by atoms with Gasteiger partial charge in [-0.3, -0.25) is 14.7 Å². The normalized spacial score (nSPS) is 20.6. The first-order valence-corrected chi connectivity index (χ1v) is 9.55. The molecule has 0 aromatic heterocycles. The molecule has 26 heavy (non-hydrogen) atoms. The van der Waals surface area contributed by atoms with Gasteiger partial charge in [-0.1, -0.05) is 18.1 Å². The van der Waals surface area contributed by atoms with Crippen LogP contribution < -0.4 is 0 Å². The quantitative estimate of drug-likeness (QED) is 0.738. The standard InChI is InChI=1S/C21H33N3O2/c1-4-20-5-7-21(8-6-20)17-24-13-11-22(15-18(2)25)9-10-23(12-14-24)16-19(3)26/h1,5-8,18-19,25-26H,9-17H2,2-3H3/t18-,19-/m0/s1. The van der Waals surface area contributed by atoms with E-state index < -0.39 is 0 Å². The van der Waals surface area contributed by atoms with Crippen molar-refractivity contribution in [1.82, 2.24) is 14.7 Å². The lowest BCUT2D eigenvalue weighted by molar-refractivity contribution is 0.102. The van der Waals surface area contributed by atoms with E-state index in [-0.39, 0.29) is 12.2 Å². The SMILES string of the molecule is C#Cc1ccc(CN2CCN(C[C@H](C)O)CCN(C[C@H](C)O)CC2)cc1. The highest BCUT2D eigenvalue weighted by molar-refractivity contribution is 5.34. The molecule has 1 aliphatic heterocycles. The lowest BCUT2D eigenvalue weighted by atomic mass is 10.1. The summed E-state index contributed by atoms with van der Waals surface area (Å²) in [5.74, 6) is 2.66. The van der Waals surface area contributed by atoms with E-state index in [4.69, 9.17) is 6.42 Å². The van der Waals surface area contributed by atoms with Crippen LogP contribution in [0.4, 0.5) is 0 Å². The van der Waals surface area contributed by atoms with Gasteiger partial charge in [0.1, 0.15) is 0 Å². The van der Waals surface area contributed by atoms with E-state index in [1.165, 1.54) is 5.56 Å². The molecule has 144 valence electrons. The zero-order valence-corrected chi connectivity index (χ0v) is 16.1. The molecule has 1 aromatic rings. The summed E-state index contributed by atoms with van der Waals surface area (Å²) in [5, 5.41) is 19.5. The van der Waals surface area contributed by atoms with Crippen LogP contribution in [-0.4, -0.2) is 89.5 Å². The molecule has 2 rings (SSSR count). The van der Waals surface area contributed by atoms with E-state index in [0.29, 0.717) is 13.1 Å². The number of rotatable bonds is 6. The fraction of sp³-hybridized carbons (Fsp3) is 0.619. The highest BCUT2D eigenvalue weighted by Gasteiger charge is 2.18. The Labute approximate surface area is 158 Å². The lowest BCUT2D eigenvalue weighted by Gasteiger charge is -2.27. The van der Waals surface area contributed by atoms with Crippen molar-refractivity contribution in [2.45, 2.75) is 32.6 Å². The third-order valence-corrected chi connectivity index (χ3v) is 4.77. The van der Waals surface area contributed by atoms with Gasteiger partial charge in [-0.05, 0) is 31.5 Å². The smallest absolute Gasteiger partial charge is 0.0639 e. The molecule has 1 fully saturated rings. The van der Waals surface area contributed by atoms with Gasteiger partial charge in [0.05, 0.1) is 12.2 Å². The Morgan fingerprint density at radius 3 is 1.65 bits per heavy atom. The summed E-state index contributed by atoms with van der Waals surface area (Å²) in [6.45, 7) is 11.6. The van der Waals surface area contributed by atoms with Gasteiger partial charge in [-0.25, -0.2) is 0 Å². The van der Waals surface area contributed by atoms with Crippen molar-refractivity contribution in [3.63, 3.8) is 0 Å². The minimum atomic E-state index is -0.328. The predicted octanol–water partition coefficient (Wildman–Crippen LogP) is 0.849. The average molecular weight is 360 g/mol. The van der Waals surface area contributed by atoms with Crippen LogP contribution in [0.15, 0.2) is 24.3 Å². The van der Waals surface area contributed by atoms with Gasteiger partial charge in [-0.2, -0.15) is 0 Å². The molecule has 0 radical (unpaired) electrons. The first-order chi connectivity index (χ1) is 12.5. The van der Waals surface area contributed by atoms with Crippen molar-refractivity contribution in [1.29, 1.82) is 0 Å². The van der Waals surface area contributed by atoms with E-state index in [9.17, 15) is 10.2 Å². The van der Waals surface area contributed by atoms with Crippen LogP contribution in [0.3, 0.4) is 0 Å². The maximum absolute atomic E-state index is 9.77. The molecule has 5 heteroatoms. The van der Waals surface area contributed by atoms with Gasteiger partial charge < -0.3 is 10.2 Å². The molecule has 2 atom stereocenters. The van der Waals surface area contributed by atoms with E-state index >= 15 is 0 Å². The van der Waals surface area contributed by atoms with Crippen molar-refractivity contribution < 1.29 is 10.2 Å². The maximum Gasteiger partial charge on any atom is 0.0639 e. The molecule has 0 amide bonds. The van der Waals surface area contributed by atoms with Crippen LogP contribution >= 0.6 is 0 Å². The first-order valence-electron chi connectivity index (χ1n) is 9.55. The van der Waals surface area contributed by atoms with Crippen LogP contribution in [-0.2, 0) is 6.54 Å². The highest BCUT2D eigenvalue weighted by atomic mass is 16.3. The molecule has 1 heterocycles. The fourth-order valence-corrected chi connectivity index (χ4v) is 3.42. The third-order valence-electron chi connectivity index (χ3n) is 4.77. The number of aliphatic hydroxyl groups is 2. The van der Waals surface area contributed by atoms with Crippen LogP contribution in [0.5, 0.6) is 0 Å². The van der Waals surface area contributed by atoms with E-state index in [1.54, 1.807) is 0 Å². The highest BCUT2D eigenvalue weighted by Crippen LogP contribution is 2.09. The van der Waals surface area contributed by atoms with Crippen LogP contribution in [0, 0.1) is 12.3 Å². The Balaban J connectivity index is 2.02. The summed E-state index contributed by atoms with van der Waals surface area (Å²) in [7, 11) is 0. The van der Waals surface area contributed by atoms with Gasteiger partial charge in [-0.15, -0.1) is 6.42 Å². The topological polar surface area (TPSA) is 50.2 Å². The minimum absolute atomic E-state index is 0.328. The van der Waals surface area contributed by atoms with Gasteiger partial charge in [0, 0.05) is 64.5 Å². The van der Waals surface area contributed by atoms with E-state index in [1.807, 2.05) is 26.0 Å². The summed E-state index contributed by atoms with van der Waals surface area (Å²) < 4.78 is 0. The summed E-state index contributed by atoms with van der Waals surface area (Å²) in [6, 6.07) is 8.18. The molecular weight excluding hydrogens is 326 g/mol. The Bertz CT molecular complexity index is 544. The number of hydrogen-bond donors (Lipinski definition) is 2. The number of nitrogens with zero attached hydrogens (tertiary/aromatic N) is 3. The van der Waals surface area contributed by atoms with Gasteiger partial charge in [0.15, 0.2) is 0 Å². The Hall–Kier alpha value is -1.42. The van der Waals surface area contributed by atoms with Gasteiger partial charge >= 0.3 is 0 Å². The molecule has 0 aliphatic carbocycles. The molecular formula is C21H33N3O2. The molecule has 2 N–H and O–H groups in total. The number of benzene rings is 1. The predicted molar refractivity (Wildman–Crippen MR) is 106 cm³/mol. The Morgan fingerprint density at radius 2 is 1.27 bits per heavy atom. The largest absolute Gasteiger partial charge is 0.392 e. The van der Waals surface area contributed by atoms with E-state index in [2.05, 4.69) is 32.8 Å². The van der Waals surface area contributed by atoms with Gasteiger partial charge in [0.25, 0.3) is 0 Å². The second-order valence-corrected chi connectivity index (χ2v) is 7.42. The van der Waals surface area contributed by atoms with Crippen molar-refractivity contribution in [3.8, 4) is 12.3 Å². The molecule has 5 nitrogen and oxygen atoms in total. The number of hydrogen-bond acceptors (Lipinski definition) is 5. The minimum Gasteiger partial charge on any atom is -0.392 e. The molecule has 1 saturated heterocycles. The monoisotopic (exact) mass is 359 g/mol. The number of β-amino-alcohol motifs (C(OH)–C–C–N with tert-alkyl or cyclic N) is 2. The zero-order chi connectivity index (χ0) is 18.9. The number of terminal acetylenes is 1. The number of aliphatic hydroxyl groups excluding tert-OH is 2. The summed E-state index contributed by atoms with van der Waals surface area (Å²) in [5.41, 5.74) is 2.16. The molecule has 1 aromatic carbocycles. The molecule has 0 spiro atoms. The first kappa shape index (κ1) is 20.9. The second-order valence-electron chi connectivity index (χ2n) is 7.42. The lowest BCUT2D eigenvalue weighted by Crippen LogP contribution is -2.41. The molecule has 1 aliphatic rings. The Morgan fingerprint density at radius 1 is 0.846 bits per heavy atom. The summed E-state index contributed by atoms with van der Waals surface area (Å²) in [4.78, 5) is 7.08. The van der Waals surface area contributed by atoms with Crippen LogP contribution in [0.1, 0.15) is 25.0 Å². The second kappa shape index (κ2) is 10.7.